The van der Waals surface area contributed by atoms with Gasteiger partial charge in [-0.05, 0) is 29.5 Å². The summed E-state index contributed by atoms with van der Waals surface area (Å²) in [6.45, 7) is 3.98. The molecule has 0 saturated carbocycles. The Bertz CT molecular complexity index is 557. The van der Waals surface area contributed by atoms with Crippen molar-refractivity contribution >= 4 is 5.95 Å². The van der Waals surface area contributed by atoms with E-state index in [0.717, 1.165) is 18.2 Å². The first-order valence-electron chi connectivity index (χ1n) is 6.72. The van der Waals surface area contributed by atoms with Crippen molar-refractivity contribution in [3.63, 3.8) is 0 Å². The monoisotopic (exact) mass is 274 g/mol. The van der Waals surface area contributed by atoms with Crippen LogP contribution < -0.4 is 10.6 Å². The Kier molecular flexibility index (Phi) is 3.62. The molecular weight excluding hydrogens is 256 g/mol. The van der Waals surface area contributed by atoms with Gasteiger partial charge in [0.1, 0.15) is 0 Å². The Morgan fingerprint density at radius 1 is 1.30 bits per heavy atom. The molecular formula is C13H18N6O. The summed E-state index contributed by atoms with van der Waals surface area (Å²) in [6, 6.07) is 9.85. The van der Waals surface area contributed by atoms with Crippen LogP contribution in [0.1, 0.15) is 6.92 Å². The molecule has 0 amide bonds. The van der Waals surface area contributed by atoms with Crippen LogP contribution in [0.15, 0.2) is 30.3 Å². The van der Waals surface area contributed by atoms with Gasteiger partial charge >= 0.3 is 0 Å². The summed E-state index contributed by atoms with van der Waals surface area (Å²) in [6.07, 6.45) is 0.123. The molecule has 1 fully saturated rings. The minimum absolute atomic E-state index is 0.0136. The first-order chi connectivity index (χ1) is 9.78. The summed E-state index contributed by atoms with van der Waals surface area (Å²) < 4.78 is 7.51. The van der Waals surface area contributed by atoms with Crippen molar-refractivity contribution in [1.29, 1.82) is 0 Å². The number of nitrogens with zero attached hydrogens (tertiary/aromatic N) is 5. The number of benzene rings is 1. The van der Waals surface area contributed by atoms with Gasteiger partial charge in [0.15, 0.2) is 0 Å². The largest absolute Gasteiger partial charge is 0.370 e. The van der Waals surface area contributed by atoms with E-state index in [1.165, 1.54) is 0 Å². The molecule has 0 aliphatic carbocycles. The van der Waals surface area contributed by atoms with Gasteiger partial charge < -0.3 is 15.4 Å². The number of para-hydroxylation sites is 1. The van der Waals surface area contributed by atoms with Crippen LogP contribution >= 0.6 is 0 Å². The van der Waals surface area contributed by atoms with Crippen LogP contribution in [0.25, 0.3) is 5.69 Å². The highest BCUT2D eigenvalue weighted by Crippen LogP contribution is 2.19. The van der Waals surface area contributed by atoms with Gasteiger partial charge in [-0.25, -0.2) is 0 Å². The van der Waals surface area contributed by atoms with E-state index < -0.39 is 0 Å². The number of aromatic nitrogens is 4. The smallest absolute Gasteiger partial charge is 0.250 e. The van der Waals surface area contributed by atoms with Crippen molar-refractivity contribution in [1.82, 2.24) is 20.2 Å². The van der Waals surface area contributed by atoms with Crippen LogP contribution in [0.2, 0.25) is 0 Å². The lowest BCUT2D eigenvalue weighted by Crippen LogP contribution is -2.50. The third-order valence-corrected chi connectivity index (χ3v) is 3.33. The highest BCUT2D eigenvalue weighted by molar-refractivity contribution is 5.41. The maximum Gasteiger partial charge on any atom is 0.250 e. The highest BCUT2D eigenvalue weighted by Gasteiger charge is 2.28. The van der Waals surface area contributed by atoms with E-state index in [4.69, 9.17) is 10.5 Å². The van der Waals surface area contributed by atoms with Gasteiger partial charge in [-0.2, -0.15) is 4.68 Å². The molecule has 2 atom stereocenters. The van der Waals surface area contributed by atoms with Crippen LogP contribution in [-0.4, -0.2) is 52.0 Å². The van der Waals surface area contributed by atoms with Gasteiger partial charge in [0.25, 0.3) is 5.95 Å². The minimum Gasteiger partial charge on any atom is -0.370 e. The van der Waals surface area contributed by atoms with Gasteiger partial charge in [0.05, 0.1) is 17.9 Å². The first-order valence-corrected chi connectivity index (χ1v) is 6.72. The van der Waals surface area contributed by atoms with Gasteiger partial charge in [-0.1, -0.05) is 23.3 Å². The van der Waals surface area contributed by atoms with E-state index in [0.29, 0.717) is 13.1 Å². The number of hydrogen-bond acceptors (Lipinski definition) is 6. The summed E-state index contributed by atoms with van der Waals surface area (Å²) in [5.41, 5.74) is 6.66. The first kappa shape index (κ1) is 13.0. The van der Waals surface area contributed by atoms with Crippen molar-refractivity contribution in [2.45, 2.75) is 19.1 Å². The molecule has 7 nitrogen and oxygen atoms in total. The number of ether oxygens (including phenoxy) is 1. The van der Waals surface area contributed by atoms with E-state index in [-0.39, 0.29) is 12.2 Å². The molecule has 0 spiro atoms. The van der Waals surface area contributed by atoms with E-state index >= 15 is 0 Å². The van der Waals surface area contributed by atoms with Crippen LogP contribution in [-0.2, 0) is 4.74 Å². The molecule has 2 aromatic rings. The number of morpholine rings is 1. The lowest BCUT2D eigenvalue weighted by Gasteiger charge is -2.36. The van der Waals surface area contributed by atoms with E-state index in [9.17, 15) is 0 Å². The molecule has 7 heteroatoms. The fraction of sp³-hybridized carbons (Fsp3) is 0.462. The Morgan fingerprint density at radius 2 is 2.10 bits per heavy atom. The highest BCUT2D eigenvalue weighted by atomic mass is 16.5. The third-order valence-electron chi connectivity index (χ3n) is 3.33. The van der Waals surface area contributed by atoms with Crippen LogP contribution in [0.3, 0.4) is 0 Å². The maximum absolute atomic E-state index is 5.76. The molecule has 1 aromatic heterocycles. The molecule has 1 aliphatic rings. The van der Waals surface area contributed by atoms with Gasteiger partial charge in [-0.3, -0.25) is 0 Å². The molecule has 1 saturated heterocycles. The summed E-state index contributed by atoms with van der Waals surface area (Å²) >= 11 is 0. The second-order valence-corrected chi connectivity index (χ2v) is 4.94. The average molecular weight is 274 g/mol. The van der Waals surface area contributed by atoms with Crippen molar-refractivity contribution in [2.24, 2.45) is 5.73 Å². The molecule has 1 aromatic carbocycles. The van der Waals surface area contributed by atoms with Crippen LogP contribution in [0.5, 0.6) is 0 Å². The number of tetrazole rings is 1. The standard InChI is InChI=1S/C13H18N6O/c1-10-8-18(9-12(7-14)20-10)13-15-16-17-19(13)11-5-3-2-4-6-11/h2-6,10,12H,7-9,14H2,1H3. The molecule has 0 radical (unpaired) electrons. The molecule has 106 valence electrons. The molecule has 3 rings (SSSR count). The molecule has 2 unspecified atom stereocenters. The minimum atomic E-state index is 0.0136. The zero-order valence-corrected chi connectivity index (χ0v) is 11.4. The van der Waals surface area contributed by atoms with E-state index in [2.05, 4.69) is 20.4 Å². The summed E-state index contributed by atoms with van der Waals surface area (Å²) in [5.74, 6) is 0.727. The Balaban J connectivity index is 1.89. The predicted octanol–water partition coefficient (Wildman–Crippen LogP) is 0.215. The van der Waals surface area contributed by atoms with Crippen molar-refractivity contribution < 1.29 is 4.74 Å². The normalized spacial score (nSPS) is 23.0. The third kappa shape index (κ3) is 2.50. The van der Waals surface area contributed by atoms with E-state index in [1.54, 1.807) is 4.68 Å². The number of anilines is 1. The van der Waals surface area contributed by atoms with Gasteiger partial charge in [-0.15, -0.1) is 0 Å². The molecule has 0 bridgehead atoms. The molecule has 2 N–H and O–H groups in total. The van der Waals surface area contributed by atoms with Crippen molar-refractivity contribution in [3.8, 4) is 5.69 Å². The van der Waals surface area contributed by atoms with E-state index in [1.807, 2.05) is 37.3 Å². The number of rotatable bonds is 3. The van der Waals surface area contributed by atoms with Crippen molar-refractivity contribution in [3.05, 3.63) is 30.3 Å². The van der Waals surface area contributed by atoms with Gasteiger partial charge in [0.2, 0.25) is 0 Å². The Morgan fingerprint density at radius 3 is 2.85 bits per heavy atom. The van der Waals surface area contributed by atoms with Crippen LogP contribution in [0, 0.1) is 0 Å². The SMILES string of the molecule is CC1CN(c2nnnn2-c2ccccc2)CC(CN)O1. The molecule has 1 aliphatic heterocycles. The summed E-state index contributed by atoms with van der Waals surface area (Å²) in [7, 11) is 0. The molecule has 2 heterocycles. The fourth-order valence-corrected chi connectivity index (χ4v) is 2.45. The second-order valence-electron chi connectivity index (χ2n) is 4.94. The average Bonchev–Trinajstić information content (AvgIpc) is 2.97. The topological polar surface area (TPSA) is 82.1 Å². The van der Waals surface area contributed by atoms with Crippen LogP contribution in [0.4, 0.5) is 5.95 Å². The lowest BCUT2D eigenvalue weighted by molar-refractivity contribution is -0.0110. The summed E-state index contributed by atoms with van der Waals surface area (Å²) in [4.78, 5) is 2.12. The summed E-state index contributed by atoms with van der Waals surface area (Å²) in [5, 5.41) is 12.0. The number of nitrogens with two attached hydrogens (primary N) is 1. The Labute approximate surface area is 117 Å². The lowest BCUT2D eigenvalue weighted by atomic mass is 10.2. The number of hydrogen-bond donors (Lipinski definition) is 1. The van der Waals surface area contributed by atoms with Crippen molar-refractivity contribution in [2.75, 3.05) is 24.5 Å². The predicted molar refractivity (Wildman–Crippen MR) is 74.8 cm³/mol. The maximum atomic E-state index is 5.76. The zero-order chi connectivity index (χ0) is 13.9. The Hall–Kier alpha value is -1.99. The van der Waals surface area contributed by atoms with Gasteiger partial charge in [0, 0.05) is 19.6 Å². The quantitative estimate of drug-likeness (QED) is 0.862. The second kappa shape index (κ2) is 5.56. The molecule has 20 heavy (non-hydrogen) atoms. The fourth-order valence-electron chi connectivity index (χ4n) is 2.45. The zero-order valence-electron chi connectivity index (χ0n) is 11.4.